The van der Waals surface area contributed by atoms with Gasteiger partial charge < -0.3 is 9.47 Å². The van der Waals surface area contributed by atoms with E-state index < -0.39 is 23.3 Å². The van der Waals surface area contributed by atoms with Crippen LogP contribution in [0.2, 0.25) is 0 Å². The summed E-state index contributed by atoms with van der Waals surface area (Å²) in [7, 11) is 0. The first-order chi connectivity index (χ1) is 18.3. The smallest absolute Gasteiger partial charge is 0.201 e. The Hall–Kier alpha value is -3.19. The van der Waals surface area contributed by atoms with Gasteiger partial charge in [0.05, 0.1) is 19.3 Å². The number of rotatable bonds is 10. The highest BCUT2D eigenvalue weighted by Gasteiger charge is 2.26. The molecule has 1 saturated heterocycles. The average Bonchev–Trinajstić information content (AvgIpc) is 2.92. The molecule has 0 aliphatic carbocycles. The summed E-state index contributed by atoms with van der Waals surface area (Å²) in [5.74, 6) is -5.30. The fourth-order valence-corrected chi connectivity index (χ4v) is 4.89. The van der Waals surface area contributed by atoms with E-state index in [-0.39, 0.29) is 53.3 Å². The lowest BCUT2D eigenvalue weighted by atomic mass is 9.89. The summed E-state index contributed by atoms with van der Waals surface area (Å²) in [5, 5.41) is 0. The number of benzene rings is 3. The molecule has 0 radical (unpaired) electrons. The molecule has 3 aromatic rings. The number of hydrogen-bond acceptors (Lipinski definition) is 2. The van der Waals surface area contributed by atoms with Crippen LogP contribution in [0.3, 0.4) is 0 Å². The zero-order valence-corrected chi connectivity index (χ0v) is 21.3. The first kappa shape index (κ1) is 27.8. The molecule has 38 heavy (non-hydrogen) atoms. The van der Waals surface area contributed by atoms with Crippen LogP contribution < -0.4 is 4.74 Å². The fraction of sp³-hybridized carbons (Fsp3) is 0.355. The van der Waals surface area contributed by atoms with E-state index in [1.165, 1.54) is 24.3 Å². The highest BCUT2D eigenvalue weighted by Crippen LogP contribution is 2.36. The van der Waals surface area contributed by atoms with Crippen molar-refractivity contribution in [2.45, 2.75) is 51.6 Å². The number of allylic oxidation sites excluding steroid dienone is 1. The van der Waals surface area contributed by atoms with Crippen molar-refractivity contribution in [2.24, 2.45) is 5.92 Å². The minimum atomic E-state index is -1.29. The minimum absolute atomic E-state index is 0.112. The molecule has 0 spiro atoms. The Bertz CT molecular complexity index is 1280. The van der Waals surface area contributed by atoms with Crippen LogP contribution in [0, 0.1) is 35.0 Å². The quantitative estimate of drug-likeness (QED) is 0.193. The molecule has 4 rings (SSSR count). The summed E-state index contributed by atoms with van der Waals surface area (Å²) in [6.07, 6.45) is 5.19. The van der Waals surface area contributed by atoms with Crippen LogP contribution in [-0.4, -0.2) is 13.2 Å². The SMILES string of the molecule is C=CCCc1ccc(C2CCC(CCc3ccc(-c4ccc(OCC)c(F)c4F)c(F)c3F)CO2)c(F)c1. The third kappa shape index (κ3) is 6.09. The van der Waals surface area contributed by atoms with Crippen molar-refractivity contribution in [3.8, 4) is 16.9 Å². The summed E-state index contributed by atoms with van der Waals surface area (Å²) in [4.78, 5) is 0. The molecular weight excluding hydrogens is 499 g/mol. The third-order valence-corrected chi connectivity index (χ3v) is 7.04. The van der Waals surface area contributed by atoms with E-state index in [9.17, 15) is 22.0 Å². The van der Waals surface area contributed by atoms with Gasteiger partial charge in [0.2, 0.25) is 5.82 Å². The van der Waals surface area contributed by atoms with Crippen molar-refractivity contribution >= 4 is 0 Å². The van der Waals surface area contributed by atoms with Crippen molar-refractivity contribution in [1.82, 2.24) is 0 Å². The van der Waals surface area contributed by atoms with Crippen LogP contribution >= 0.6 is 0 Å². The lowest BCUT2D eigenvalue weighted by molar-refractivity contribution is -0.0209. The summed E-state index contributed by atoms with van der Waals surface area (Å²) < 4.78 is 84.1. The van der Waals surface area contributed by atoms with E-state index >= 15 is 0 Å². The van der Waals surface area contributed by atoms with E-state index in [2.05, 4.69) is 6.58 Å². The topological polar surface area (TPSA) is 18.5 Å². The predicted molar refractivity (Wildman–Crippen MR) is 138 cm³/mol. The Morgan fingerprint density at radius 2 is 1.63 bits per heavy atom. The predicted octanol–water partition coefficient (Wildman–Crippen LogP) is 8.67. The van der Waals surface area contributed by atoms with E-state index in [1.54, 1.807) is 25.1 Å². The fourth-order valence-electron chi connectivity index (χ4n) is 4.89. The van der Waals surface area contributed by atoms with Crippen LogP contribution in [0.15, 0.2) is 55.1 Å². The molecule has 0 aromatic heterocycles. The van der Waals surface area contributed by atoms with Gasteiger partial charge in [0.15, 0.2) is 23.2 Å². The Labute approximate surface area is 220 Å². The zero-order valence-electron chi connectivity index (χ0n) is 21.3. The van der Waals surface area contributed by atoms with Crippen LogP contribution in [0.5, 0.6) is 5.75 Å². The Balaban J connectivity index is 1.37. The maximum absolute atomic E-state index is 14.9. The molecule has 0 amide bonds. The second-order valence-electron chi connectivity index (χ2n) is 9.56. The van der Waals surface area contributed by atoms with Crippen LogP contribution in [-0.2, 0) is 17.6 Å². The van der Waals surface area contributed by atoms with Gasteiger partial charge in [-0.25, -0.2) is 17.6 Å². The number of aryl methyl sites for hydroxylation is 2. The normalized spacial score (nSPS) is 17.4. The molecule has 1 aliphatic heterocycles. The highest BCUT2D eigenvalue weighted by atomic mass is 19.2. The Morgan fingerprint density at radius 1 is 0.895 bits per heavy atom. The van der Waals surface area contributed by atoms with E-state index in [0.717, 1.165) is 24.8 Å². The van der Waals surface area contributed by atoms with Gasteiger partial charge in [-0.3, -0.25) is 0 Å². The molecule has 3 aromatic carbocycles. The van der Waals surface area contributed by atoms with Crippen molar-refractivity contribution in [3.63, 3.8) is 0 Å². The standard InChI is InChI=1S/C31H31F5O2/c1-3-5-6-19-8-12-24(25(32)17-19)26-15-9-20(18-38-26)7-10-21-11-13-22(29(34)28(21)33)23-14-16-27(37-4-2)31(36)30(23)35/h3,8,11-14,16-17,20,26H,1,4-7,9-10,15,18H2,2H3. The van der Waals surface area contributed by atoms with Gasteiger partial charge in [0.1, 0.15) is 5.82 Å². The van der Waals surface area contributed by atoms with Crippen LogP contribution in [0.4, 0.5) is 22.0 Å². The van der Waals surface area contributed by atoms with Gasteiger partial charge >= 0.3 is 0 Å². The molecule has 0 bridgehead atoms. The summed E-state index contributed by atoms with van der Waals surface area (Å²) in [5.41, 5.74) is 0.873. The van der Waals surface area contributed by atoms with Crippen molar-refractivity contribution < 1.29 is 31.4 Å². The average molecular weight is 531 g/mol. The largest absolute Gasteiger partial charge is 0.491 e. The molecule has 202 valence electrons. The van der Waals surface area contributed by atoms with Crippen molar-refractivity contribution in [2.75, 3.05) is 13.2 Å². The van der Waals surface area contributed by atoms with Gasteiger partial charge in [-0.15, -0.1) is 6.58 Å². The molecule has 1 aliphatic rings. The van der Waals surface area contributed by atoms with Gasteiger partial charge in [-0.2, -0.15) is 4.39 Å². The highest BCUT2D eigenvalue weighted by molar-refractivity contribution is 5.66. The Kier molecular flexibility index (Phi) is 9.21. The Morgan fingerprint density at radius 3 is 2.29 bits per heavy atom. The second-order valence-corrected chi connectivity index (χ2v) is 9.56. The van der Waals surface area contributed by atoms with Crippen molar-refractivity contribution in [1.29, 1.82) is 0 Å². The maximum atomic E-state index is 14.9. The maximum Gasteiger partial charge on any atom is 0.201 e. The molecular formula is C31H31F5O2. The molecule has 1 heterocycles. The summed E-state index contributed by atoms with van der Waals surface area (Å²) >= 11 is 0. The van der Waals surface area contributed by atoms with Gasteiger partial charge in [0.25, 0.3) is 0 Å². The third-order valence-electron chi connectivity index (χ3n) is 7.04. The molecule has 0 saturated carbocycles. The lowest BCUT2D eigenvalue weighted by Crippen LogP contribution is -2.22. The second kappa shape index (κ2) is 12.6. The summed E-state index contributed by atoms with van der Waals surface area (Å²) in [6.45, 7) is 5.84. The summed E-state index contributed by atoms with van der Waals surface area (Å²) in [6, 6.07) is 10.3. The lowest BCUT2D eigenvalue weighted by Gasteiger charge is -2.29. The molecule has 2 unspecified atom stereocenters. The van der Waals surface area contributed by atoms with E-state index in [1.807, 2.05) is 6.07 Å². The number of ether oxygens (including phenoxy) is 2. The van der Waals surface area contributed by atoms with E-state index in [4.69, 9.17) is 9.47 Å². The number of hydrogen-bond donors (Lipinski definition) is 0. The first-order valence-electron chi connectivity index (χ1n) is 12.9. The first-order valence-corrected chi connectivity index (χ1v) is 12.9. The van der Waals surface area contributed by atoms with Crippen LogP contribution in [0.1, 0.15) is 55.4 Å². The van der Waals surface area contributed by atoms with E-state index in [0.29, 0.717) is 25.0 Å². The number of halogens is 5. The molecule has 0 N–H and O–H groups in total. The van der Waals surface area contributed by atoms with Crippen LogP contribution in [0.25, 0.3) is 11.1 Å². The zero-order chi connectivity index (χ0) is 27.2. The molecule has 2 atom stereocenters. The molecule has 1 fully saturated rings. The van der Waals surface area contributed by atoms with Gasteiger partial charge in [-0.1, -0.05) is 30.3 Å². The van der Waals surface area contributed by atoms with Crippen molar-refractivity contribution in [3.05, 3.63) is 101 Å². The molecule has 2 nitrogen and oxygen atoms in total. The van der Waals surface area contributed by atoms with Gasteiger partial charge in [0, 0.05) is 16.7 Å². The monoisotopic (exact) mass is 530 g/mol. The minimum Gasteiger partial charge on any atom is -0.491 e. The molecule has 7 heteroatoms. The van der Waals surface area contributed by atoms with Gasteiger partial charge in [-0.05, 0) is 80.7 Å².